The number of nitrogens with zero attached hydrogens (tertiary/aromatic N) is 3. The smallest absolute Gasteiger partial charge is 0.0995 e. The number of rotatable bonds is 4. The van der Waals surface area contributed by atoms with Crippen molar-refractivity contribution in [2.75, 3.05) is 0 Å². The Balaban J connectivity index is 1.44. The van der Waals surface area contributed by atoms with Crippen LogP contribution in [0.25, 0.3) is 22.5 Å². The Labute approximate surface area is 216 Å². The molecule has 36 heavy (non-hydrogen) atoms. The van der Waals surface area contributed by atoms with Crippen molar-refractivity contribution in [3.05, 3.63) is 125 Å². The third kappa shape index (κ3) is 3.82. The van der Waals surface area contributed by atoms with Gasteiger partial charge in [-0.25, -0.2) is 0 Å². The predicted octanol–water partition coefficient (Wildman–Crippen LogP) is 7.93. The Morgan fingerprint density at radius 1 is 0.806 bits per heavy atom. The first kappa shape index (κ1) is 22.4. The summed E-state index contributed by atoms with van der Waals surface area (Å²) < 4.78 is 2.10. The second-order valence-electron chi connectivity index (χ2n) is 9.65. The summed E-state index contributed by atoms with van der Waals surface area (Å²) >= 11 is 1.75. The van der Waals surface area contributed by atoms with Gasteiger partial charge in [-0.2, -0.15) is 10.4 Å². The number of hydrogen-bond donors (Lipinski definition) is 0. The highest BCUT2D eigenvalue weighted by Gasteiger charge is 2.35. The summed E-state index contributed by atoms with van der Waals surface area (Å²) in [5.41, 5.74) is 8.41. The summed E-state index contributed by atoms with van der Waals surface area (Å²) in [6.07, 6.45) is 0. The molecule has 0 atom stereocenters. The van der Waals surface area contributed by atoms with E-state index in [-0.39, 0.29) is 5.41 Å². The van der Waals surface area contributed by atoms with Gasteiger partial charge in [0.05, 0.1) is 29.6 Å². The summed E-state index contributed by atoms with van der Waals surface area (Å²) in [5.74, 6) is 0. The molecule has 4 aromatic carbocycles. The summed E-state index contributed by atoms with van der Waals surface area (Å²) in [4.78, 5) is 2.38. The molecule has 0 spiro atoms. The molecule has 0 radical (unpaired) electrons. The fourth-order valence-corrected chi connectivity index (χ4v) is 6.64. The summed E-state index contributed by atoms with van der Waals surface area (Å²) in [6, 6.07) is 38.2. The highest BCUT2D eigenvalue weighted by atomic mass is 32.2. The van der Waals surface area contributed by atoms with E-state index in [9.17, 15) is 5.26 Å². The van der Waals surface area contributed by atoms with Crippen LogP contribution in [0.1, 0.15) is 36.1 Å². The van der Waals surface area contributed by atoms with Crippen molar-refractivity contribution in [2.24, 2.45) is 0 Å². The van der Waals surface area contributed by atoms with Crippen molar-refractivity contribution in [1.82, 2.24) is 9.78 Å². The summed E-state index contributed by atoms with van der Waals surface area (Å²) in [5, 5.41) is 14.8. The van der Waals surface area contributed by atoms with Crippen molar-refractivity contribution in [3.8, 4) is 28.6 Å². The van der Waals surface area contributed by atoms with Crippen molar-refractivity contribution >= 4 is 11.8 Å². The topological polar surface area (TPSA) is 41.6 Å². The number of aromatic nitrogens is 2. The van der Waals surface area contributed by atoms with Gasteiger partial charge in [0.1, 0.15) is 0 Å². The lowest BCUT2D eigenvalue weighted by molar-refractivity contribution is 0.605. The summed E-state index contributed by atoms with van der Waals surface area (Å²) in [7, 11) is 0. The molecule has 0 amide bonds. The first-order valence-corrected chi connectivity index (χ1v) is 12.9. The van der Waals surface area contributed by atoms with E-state index in [1.165, 1.54) is 16.0 Å². The van der Waals surface area contributed by atoms with Crippen LogP contribution in [0.5, 0.6) is 0 Å². The minimum atomic E-state index is -0.247. The van der Waals surface area contributed by atoms with Gasteiger partial charge in [0, 0.05) is 20.8 Å². The van der Waals surface area contributed by atoms with Crippen LogP contribution in [-0.4, -0.2) is 9.78 Å². The second-order valence-corrected chi connectivity index (χ2v) is 10.7. The highest BCUT2D eigenvalue weighted by molar-refractivity contribution is 7.99. The maximum absolute atomic E-state index is 9.72. The van der Waals surface area contributed by atoms with Crippen LogP contribution in [-0.2, 0) is 12.0 Å². The molecule has 0 saturated heterocycles. The van der Waals surface area contributed by atoms with Crippen molar-refractivity contribution in [1.29, 1.82) is 5.26 Å². The molecular formula is C32H25N3S. The van der Waals surface area contributed by atoms with Gasteiger partial charge in [-0.05, 0) is 46.5 Å². The molecule has 1 aliphatic rings. The van der Waals surface area contributed by atoms with Gasteiger partial charge in [-0.15, -0.1) is 0 Å². The van der Waals surface area contributed by atoms with Crippen LogP contribution >= 0.6 is 11.8 Å². The lowest BCUT2D eigenvalue weighted by Gasteiger charge is -2.35. The number of hydrogen-bond acceptors (Lipinski definition) is 3. The standard InChI is InChI=1S/C32H25N3S/c1-32(2)26-17-16-24(18-30(26)36-29-15-9-14-25(20-33)31(29)32)27-19-28(23-12-7-4-8-13-23)35(34-27)21-22-10-5-3-6-11-22/h3-19H,21H2,1-2H3. The van der Waals surface area contributed by atoms with Gasteiger partial charge in [-0.3, -0.25) is 4.68 Å². The van der Waals surface area contributed by atoms with Gasteiger partial charge in [0.25, 0.3) is 0 Å². The molecule has 0 aliphatic carbocycles. The van der Waals surface area contributed by atoms with Crippen molar-refractivity contribution in [3.63, 3.8) is 0 Å². The maximum Gasteiger partial charge on any atom is 0.0995 e. The van der Waals surface area contributed by atoms with Crippen LogP contribution in [0, 0.1) is 11.3 Å². The van der Waals surface area contributed by atoms with Crippen LogP contribution in [0.15, 0.2) is 113 Å². The lowest BCUT2D eigenvalue weighted by Crippen LogP contribution is -2.25. The van der Waals surface area contributed by atoms with E-state index in [4.69, 9.17) is 5.10 Å². The molecule has 2 heterocycles. The van der Waals surface area contributed by atoms with Gasteiger partial charge < -0.3 is 0 Å². The van der Waals surface area contributed by atoms with Crippen molar-refractivity contribution < 1.29 is 0 Å². The Bertz CT molecular complexity index is 1610. The number of benzene rings is 4. The Morgan fingerprint density at radius 3 is 2.31 bits per heavy atom. The predicted molar refractivity (Wildman–Crippen MR) is 146 cm³/mol. The fourth-order valence-electron chi connectivity index (χ4n) is 5.17. The molecule has 5 aromatic rings. The largest absolute Gasteiger partial charge is 0.260 e. The minimum Gasteiger partial charge on any atom is -0.260 e. The quantitative estimate of drug-likeness (QED) is 0.261. The van der Waals surface area contributed by atoms with E-state index in [1.54, 1.807) is 11.8 Å². The van der Waals surface area contributed by atoms with Crippen LogP contribution in [0.4, 0.5) is 0 Å². The molecule has 1 aliphatic heterocycles. The second kappa shape index (κ2) is 8.86. The highest BCUT2D eigenvalue weighted by Crippen LogP contribution is 2.51. The van der Waals surface area contributed by atoms with E-state index < -0.39 is 0 Å². The third-order valence-electron chi connectivity index (χ3n) is 6.97. The Hall–Kier alpha value is -4.07. The molecule has 6 rings (SSSR count). The molecule has 1 aromatic heterocycles. The van der Waals surface area contributed by atoms with Crippen LogP contribution in [0.2, 0.25) is 0 Å². The first-order valence-electron chi connectivity index (χ1n) is 12.1. The average molecular weight is 484 g/mol. The molecule has 0 saturated carbocycles. The molecule has 3 nitrogen and oxygen atoms in total. The van der Waals surface area contributed by atoms with Gasteiger partial charge >= 0.3 is 0 Å². The molecule has 4 heteroatoms. The van der Waals surface area contributed by atoms with E-state index in [0.29, 0.717) is 6.54 Å². The summed E-state index contributed by atoms with van der Waals surface area (Å²) in [6.45, 7) is 5.14. The van der Waals surface area contributed by atoms with Gasteiger partial charge in [0.15, 0.2) is 0 Å². The zero-order valence-electron chi connectivity index (χ0n) is 20.3. The van der Waals surface area contributed by atoms with Gasteiger partial charge in [0.2, 0.25) is 0 Å². The van der Waals surface area contributed by atoms with E-state index in [1.807, 2.05) is 24.3 Å². The Kier molecular flexibility index (Phi) is 5.51. The number of fused-ring (bicyclic) bond motifs is 2. The third-order valence-corrected chi connectivity index (χ3v) is 8.08. The number of nitriles is 1. The van der Waals surface area contributed by atoms with E-state index >= 15 is 0 Å². The van der Waals surface area contributed by atoms with Crippen LogP contribution in [0.3, 0.4) is 0 Å². The van der Waals surface area contributed by atoms with Crippen molar-refractivity contribution in [2.45, 2.75) is 35.6 Å². The molecule has 0 N–H and O–H groups in total. The zero-order valence-corrected chi connectivity index (χ0v) is 21.1. The fraction of sp³-hybridized carbons (Fsp3) is 0.125. The van der Waals surface area contributed by atoms with E-state index in [2.05, 4.69) is 103 Å². The average Bonchev–Trinajstić information content (AvgIpc) is 3.33. The van der Waals surface area contributed by atoms with Gasteiger partial charge in [-0.1, -0.05) is 104 Å². The normalized spacial score (nSPS) is 13.5. The lowest BCUT2D eigenvalue weighted by atomic mass is 9.75. The first-order chi connectivity index (χ1) is 17.5. The van der Waals surface area contributed by atoms with E-state index in [0.717, 1.165) is 38.5 Å². The Morgan fingerprint density at radius 2 is 1.56 bits per heavy atom. The SMILES string of the molecule is CC1(C)c2ccc(-c3cc(-c4ccccc4)n(Cc4ccccc4)n3)cc2Sc2cccc(C#N)c21. The zero-order chi connectivity index (χ0) is 24.7. The molecule has 0 unspecified atom stereocenters. The van der Waals surface area contributed by atoms with Crippen LogP contribution < -0.4 is 0 Å². The maximum atomic E-state index is 9.72. The molecule has 0 fully saturated rings. The monoisotopic (exact) mass is 483 g/mol. The molecule has 174 valence electrons. The minimum absolute atomic E-state index is 0.247. The molecule has 0 bridgehead atoms. The molecular weight excluding hydrogens is 458 g/mol.